The van der Waals surface area contributed by atoms with Crippen molar-refractivity contribution in [3.63, 3.8) is 0 Å². The predicted octanol–water partition coefficient (Wildman–Crippen LogP) is 2.22. The number of hydrogen-bond donors (Lipinski definition) is 0. The minimum atomic E-state index is 0. The van der Waals surface area contributed by atoms with Crippen LogP contribution in [0.15, 0.2) is 12.7 Å². The molecule has 7 heavy (non-hydrogen) atoms. The molecular formula is C6H12Cu+. The van der Waals surface area contributed by atoms with Gasteiger partial charge in [-0.15, -0.1) is 6.58 Å². The van der Waals surface area contributed by atoms with Crippen LogP contribution >= 0.6 is 0 Å². The van der Waals surface area contributed by atoms with E-state index in [1.54, 1.807) is 0 Å². The van der Waals surface area contributed by atoms with Crippen molar-refractivity contribution in [1.29, 1.82) is 0 Å². The normalized spacial score (nSPS) is 9.57. The van der Waals surface area contributed by atoms with E-state index in [0.29, 0.717) is 5.41 Å². The van der Waals surface area contributed by atoms with E-state index in [9.17, 15) is 0 Å². The maximum Gasteiger partial charge on any atom is 1.00 e. The van der Waals surface area contributed by atoms with E-state index in [0.717, 1.165) is 0 Å². The van der Waals surface area contributed by atoms with Gasteiger partial charge >= 0.3 is 17.1 Å². The molecule has 0 amide bonds. The fourth-order valence-corrected chi connectivity index (χ4v) is 0. The fraction of sp³-hybridized carbons (Fsp3) is 0.667. The van der Waals surface area contributed by atoms with Gasteiger partial charge in [0.25, 0.3) is 0 Å². The monoisotopic (exact) mass is 147 g/mol. The summed E-state index contributed by atoms with van der Waals surface area (Å²) in [7, 11) is 0. The molecule has 46 valence electrons. The average Bonchev–Trinajstić information content (AvgIpc) is 1.35. The van der Waals surface area contributed by atoms with Crippen LogP contribution in [0.1, 0.15) is 20.8 Å². The van der Waals surface area contributed by atoms with Crippen molar-refractivity contribution in [2.75, 3.05) is 0 Å². The SMILES string of the molecule is C=CC(C)(C)C.[Cu+]. The van der Waals surface area contributed by atoms with Gasteiger partial charge in [-0.2, -0.15) is 0 Å². The van der Waals surface area contributed by atoms with Gasteiger partial charge in [-0.05, 0) is 5.41 Å². The zero-order valence-corrected chi connectivity index (χ0v) is 6.03. The molecule has 0 aromatic carbocycles. The van der Waals surface area contributed by atoms with Crippen LogP contribution in [0.5, 0.6) is 0 Å². The Labute approximate surface area is 56.5 Å². The maximum atomic E-state index is 3.63. The Morgan fingerprint density at radius 3 is 1.43 bits per heavy atom. The molecule has 0 aromatic heterocycles. The van der Waals surface area contributed by atoms with Crippen molar-refractivity contribution in [2.45, 2.75) is 20.8 Å². The Morgan fingerprint density at radius 2 is 1.43 bits per heavy atom. The van der Waals surface area contributed by atoms with E-state index < -0.39 is 0 Å². The quantitative estimate of drug-likeness (QED) is 0.364. The molecule has 0 nitrogen and oxygen atoms in total. The van der Waals surface area contributed by atoms with Crippen LogP contribution < -0.4 is 0 Å². The summed E-state index contributed by atoms with van der Waals surface area (Å²) in [6, 6.07) is 0. The van der Waals surface area contributed by atoms with Crippen molar-refractivity contribution in [2.24, 2.45) is 5.41 Å². The standard InChI is InChI=1S/C6H12.Cu/c1-5-6(2,3)4;/h5H,1H2,2-4H3;/q;+1. The second-order valence-electron chi connectivity index (χ2n) is 2.57. The van der Waals surface area contributed by atoms with E-state index in [1.165, 1.54) is 0 Å². The van der Waals surface area contributed by atoms with E-state index in [-0.39, 0.29) is 17.1 Å². The summed E-state index contributed by atoms with van der Waals surface area (Å²) in [4.78, 5) is 0. The summed E-state index contributed by atoms with van der Waals surface area (Å²) < 4.78 is 0. The van der Waals surface area contributed by atoms with Crippen LogP contribution in [0, 0.1) is 5.41 Å². The largest absolute Gasteiger partial charge is 1.00 e. The topological polar surface area (TPSA) is 0 Å². The molecular weight excluding hydrogens is 136 g/mol. The molecule has 0 aliphatic rings. The van der Waals surface area contributed by atoms with Crippen LogP contribution in [0.25, 0.3) is 0 Å². The molecule has 0 aromatic rings. The van der Waals surface area contributed by atoms with Gasteiger partial charge in [-0.25, -0.2) is 0 Å². The first-order valence-corrected chi connectivity index (χ1v) is 2.20. The Balaban J connectivity index is 0. The Bertz CT molecular complexity index is 49.7. The Morgan fingerprint density at radius 1 is 1.29 bits per heavy atom. The molecule has 0 aliphatic carbocycles. The predicted molar refractivity (Wildman–Crippen MR) is 29.7 cm³/mol. The van der Waals surface area contributed by atoms with Gasteiger partial charge in [0.15, 0.2) is 0 Å². The minimum Gasteiger partial charge on any atom is -0.103 e. The molecule has 1 heteroatoms. The van der Waals surface area contributed by atoms with E-state index in [4.69, 9.17) is 0 Å². The number of hydrogen-bond acceptors (Lipinski definition) is 0. The Hall–Kier alpha value is 0.259. The molecule has 0 saturated carbocycles. The fourth-order valence-electron chi connectivity index (χ4n) is 0. The third-order valence-corrected chi connectivity index (χ3v) is 0.612. The first kappa shape index (κ1) is 10.3. The molecule has 0 atom stereocenters. The molecule has 0 unspecified atom stereocenters. The second kappa shape index (κ2) is 3.29. The van der Waals surface area contributed by atoms with E-state index in [2.05, 4.69) is 27.4 Å². The van der Waals surface area contributed by atoms with Crippen LogP contribution in [-0.4, -0.2) is 0 Å². The summed E-state index contributed by atoms with van der Waals surface area (Å²) in [5.41, 5.74) is 0.306. The van der Waals surface area contributed by atoms with Gasteiger partial charge in [0.1, 0.15) is 0 Å². The number of allylic oxidation sites excluding steroid dienone is 1. The molecule has 0 spiro atoms. The van der Waals surface area contributed by atoms with Crippen LogP contribution in [0.3, 0.4) is 0 Å². The van der Waals surface area contributed by atoms with Crippen LogP contribution in [0.4, 0.5) is 0 Å². The van der Waals surface area contributed by atoms with Gasteiger partial charge < -0.3 is 0 Å². The first-order chi connectivity index (χ1) is 2.56. The first-order valence-electron chi connectivity index (χ1n) is 2.20. The zero-order chi connectivity index (χ0) is 5.21. The average molecular weight is 148 g/mol. The van der Waals surface area contributed by atoms with E-state index in [1.807, 2.05) is 6.08 Å². The summed E-state index contributed by atoms with van der Waals surface area (Å²) in [5, 5.41) is 0. The molecule has 0 saturated heterocycles. The smallest absolute Gasteiger partial charge is 0.103 e. The van der Waals surface area contributed by atoms with E-state index >= 15 is 0 Å². The Kier molecular flexibility index (Phi) is 4.83. The summed E-state index contributed by atoms with van der Waals surface area (Å²) in [6.07, 6.45) is 1.94. The molecule has 0 heterocycles. The van der Waals surface area contributed by atoms with Gasteiger partial charge in [-0.1, -0.05) is 26.8 Å². The maximum absolute atomic E-state index is 3.63. The van der Waals surface area contributed by atoms with Crippen molar-refractivity contribution in [3.05, 3.63) is 12.7 Å². The molecule has 0 rings (SSSR count). The molecule has 0 fully saturated rings. The second-order valence-corrected chi connectivity index (χ2v) is 2.57. The van der Waals surface area contributed by atoms with Gasteiger partial charge in [0.05, 0.1) is 0 Å². The third kappa shape index (κ3) is 10.7. The van der Waals surface area contributed by atoms with Crippen molar-refractivity contribution in [3.8, 4) is 0 Å². The van der Waals surface area contributed by atoms with Gasteiger partial charge in [0.2, 0.25) is 0 Å². The minimum absolute atomic E-state index is 0. The molecule has 0 bridgehead atoms. The zero-order valence-electron chi connectivity index (χ0n) is 5.09. The third-order valence-electron chi connectivity index (χ3n) is 0.612. The van der Waals surface area contributed by atoms with Gasteiger partial charge in [-0.3, -0.25) is 0 Å². The van der Waals surface area contributed by atoms with Crippen molar-refractivity contribution in [1.82, 2.24) is 0 Å². The van der Waals surface area contributed by atoms with Crippen molar-refractivity contribution < 1.29 is 17.1 Å². The van der Waals surface area contributed by atoms with Crippen LogP contribution in [-0.2, 0) is 17.1 Å². The number of rotatable bonds is 0. The van der Waals surface area contributed by atoms with Crippen LogP contribution in [0.2, 0.25) is 0 Å². The molecule has 0 radical (unpaired) electrons. The van der Waals surface area contributed by atoms with Gasteiger partial charge in [0, 0.05) is 0 Å². The summed E-state index contributed by atoms with van der Waals surface area (Å²) in [5.74, 6) is 0. The molecule has 0 aliphatic heterocycles. The van der Waals surface area contributed by atoms with Crippen molar-refractivity contribution >= 4 is 0 Å². The summed E-state index contributed by atoms with van der Waals surface area (Å²) >= 11 is 0. The summed E-state index contributed by atoms with van der Waals surface area (Å²) in [6.45, 7) is 10.0. The molecule has 0 N–H and O–H groups in total.